The lowest BCUT2D eigenvalue weighted by Crippen LogP contribution is -2.12. The molecule has 2 heterocycles. The van der Waals surface area contributed by atoms with E-state index in [0.717, 1.165) is 36.6 Å². The maximum absolute atomic E-state index is 13.0. The number of hydrogen-bond acceptors (Lipinski definition) is 5. The van der Waals surface area contributed by atoms with E-state index in [1.54, 1.807) is 36.4 Å². The van der Waals surface area contributed by atoms with Crippen molar-refractivity contribution in [2.45, 2.75) is 25.7 Å². The van der Waals surface area contributed by atoms with Crippen molar-refractivity contribution in [2.24, 2.45) is 0 Å². The number of carbonyl (C=O) groups is 1. The van der Waals surface area contributed by atoms with Crippen LogP contribution in [0.25, 0.3) is 22.1 Å². The van der Waals surface area contributed by atoms with Gasteiger partial charge in [0, 0.05) is 15.8 Å². The van der Waals surface area contributed by atoms with Gasteiger partial charge in [-0.1, -0.05) is 30.3 Å². The van der Waals surface area contributed by atoms with Crippen molar-refractivity contribution in [2.75, 3.05) is 5.32 Å². The lowest BCUT2D eigenvalue weighted by atomic mass is 9.96. The van der Waals surface area contributed by atoms with Gasteiger partial charge in [0.1, 0.15) is 16.7 Å². The minimum Gasteiger partial charge on any atom is -0.422 e. The predicted molar refractivity (Wildman–Crippen MR) is 122 cm³/mol. The molecule has 0 atom stereocenters. The second kappa shape index (κ2) is 7.86. The highest BCUT2D eigenvalue weighted by molar-refractivity contribution is 7.16. The Hall–Kier alpha value is -3.69. The van der Waals surface area contributed by atoms with Crippen molar-refractivity contribution in [3.05, 3.63) is 86.6 Å². The number of fused-ring (bicyclic) bond motifs is 2. The van der Waals surface area contributed by atoms with Gasteiger partial charge in [-0.05, 0) is 61.1 Å². The van der Waals surface area contributed by atoms with Crippen molar-refractivity contribution in [1.82, 2.24) is 0 Å². The fourth-order valence-corrected chi connectivity index (χ4v) is 5.27. The number of benzene rings is 2. The first-order valence-electron chi connectivity index (χ1n) is 10.1. The SMILES string of the molecule is N#Cc1c(NC(=O)c2cccc(-c3cc4ccccc4oc3=O)c2)sc2c1CCCC2. The summed E-state index contributed by atoms with van der Waals surface area (Å²) < 4.78 is 5.43. The van der Waals surface area contributed by atoms with Gasteiger partial charge in [-0.2, -0.15) is 5.26 Å². The van der Waals surface area contributed by atoms with E-state index in [4.69, 9.17) is 4.42 Å². The summed E-state index contributed by atoms with van der Waals surface area (Å²) in [5.41, 5.74) is 3.16. The van der Waals surface area contributed by atoms with Crippen LogP contribution in [0.15, 0.2) is 63.8 Å². The highest BCUT2D eigenvalue weighted by Crippen LogP contribution is 2.37. The predicted octanol–water partition coefficient (Wildman–Crippen LogP) is 5.52. The van der Waals surface area contributed by atoms with Crippen LogP contribution < -0.4 is 10.9 Å². The first kappa shape index (κ1) is 19.3. The normalized spacial score (nSPS) is 12.9. The second-order valence-corrected chi connectivity index (χ2v) is 8.65. The molecule has 1 aliphatic carbocycles. The van der Waals surface area contributed by atoms with Gasteiger partial charge in [-0.15, -0.1) is 11.3 Å². The van der Waals surface area contributed by atoms with Gasteiger partial charge in [-0.25, -0.2) is 4.79 Å². The van der Waals surface area contributed by atoms with Crippen LogP contribution in [0.1, 0.15) is 39.2 Å². The number of nitrogens with zero attached hydrogens (tertiary/aromatic N) is 1. The summed E-state index contributed by atoms with van der Waals surface area (Å²) in [5, 5.41) is 14.0. The third-order valence-electron chi connectivity index (χ3n) is 5.59. The van der Waals surface area contributed by atoms with Crippen molar-refractivity contribution in [3.63, 3.8) is 0 Å². The summed E-state index contributed by atoms with van der Waals surface area (Å²) in [6.07, 6.45) is 4.03. The molecule has 1 N–H and O–H groups in total. The molecule has 6 heteroatoms. The van der Waals surface area contributed by atoms with Gasteiger partial charge < -0.3 is 9.73 Å². The van der Waals surface area contributed by atoms with Crippen LogP contribution in [-0.2, 0) is 12.8 Å². The molecule has 5 nitrogen and oxygen atoms in total. The van der Waals surface area contributed by atoms with Crippen LogP contribution in [0, 0.1) is 11.3 Å². The summed E-state index contributed by atoms with van der Waals surface area (Å²) in [7, 11) is 0. The summed E-state index contributed by atoms with van der Waals surface area (Å²) in [6, 6.07) is 18.2. The quantitative estimate of drug-likeness (QED) is 0.437. The Labute approximate surface area is 182 Å². The van der Waals surface area contributed by atoms with Gasteiger partial charge in [0.05, 0.1) is 11.1 Å². The topological polar surface area (TPSA) is 83.1 Å². The molecule has 2 aromatic carbocycles. The van der Waals surface area contributed by atoms with Crippen molar-refractivity contribution in [1.29, 1.82) is 5.26 Å². The first-order chi connectivity index (χ1) is 15.1. The molecule has 31 heavy (non-hydrogen) atoms. The lowest BCUT2D eigenvalue weighted by Gasteiger charge is -2.09. The maximum atomic E-state index is 13.0. The minimum absolute atomic E-state index is 0.304. The van der Waals surface area contributed by atoms with Crippen LogP contribution >= 0.6 is 11.3 Å². The molecule has 0 spiro atoms. The monoisotopic (exact) mass is 426 g/mol. The number of nitriles is 1. The van der Waals surface area contributed by atoms with Crippen LogP contribution in [0.5, 0.6) is 0 Å². The van der Waals surface area contributed by atoms with Crippen molar-refractivity contribution in [3.8, 4) is 17.2 Å². The Kier molecular flexibility index (Phi) is 4.89. The van der Waals surface area contributed by atoms with E-state index in [9.17, 15) is 14.9 Å². The molecule has 0 fully saturated rings. The number of para-hydroxylation sites is 1. The standard InChI is InChI=1S/C25H18N2O3S/c26-14-20-18-9-2-4-11-22(18)31-24(20)27-23(28)17-8-5-7-15(12-17)19-13-16-6-1-3-10-21(16)30-25(19)29/h1,3,5-8,10,12-13H,2,4,9,11H2,(H,27,28). The Morgan fingerprint density at radius 2 is 1.90 bits per heavy atom. The zero-order valence-corrected chi connectivity index (χ0v) is 17.4. The highest BCUT2D eigenvalue weighted by atomic mass is 32.1. The molecule has 1 aliphatic rings. The van der Waals surface area contributed by atoms with E-state index < -0.39 is 5.63 Å². The molecule has 4 aromatic rings. The number of rotatable bonds is 3. The number of anilines is 1. The summed E-state index contributed by atoms with van der Waals surface area (Å²) >= 11 is 1.49. The van der Waals surface area contributed by atoms with E-state index in [1.807, 2.05) is 18.2 Å². The van der Waals surface area contributed by atoms with Crippen LogP contribution in [-0.4, -0.2) is 5.91 Å². The third kappa shape index (κ3) is 3.54. The summed E-state index contributed by atoms with van der Waals surface area (Å²) in [4.78, 5) is 26.7. The van der Waals surface area contributed by atoms with Crippen LogP contribution in [0.4, 0.5) is 5.00 Å². The zero-order chi connectivity index (χ0) is 21.4. The van der Waals surface area contributed by atoms with Gasteiger partial charge in [0.2, 0.25) is 0 Å². The highest BCUT2D eigenvalue weighted by Gasteiger charge is 2.22. The van der Waals surface area contributed by atoms with Gasteiger partial charge in [0.15, 0.2) is 0 Å². The van der Waals surface area contributed by atoms with Crippen molar-refractivity contribution >= 4 is 33.2 Å². The van der Waals surface area contributed by atoms with Gasteiger partial charge in [-0.3, -0.25) is 4.79 Å². The van der Waals surface area contributed by atoms with Crippen molar-refractivity contribution < 1.29 is 9.21 Å². The second-order valence-electron chi connectivity index (χ2n) is 7.55. The third-order valence-corrected chi connectivity index (χ3v) is 6.79. The fourth-order valence-electron chi connectivity index (χ4n) is 4.04. The molecule has 0 aliphatic heterocycles. The van der Waals surface area contributed by atoms with E-state index >= 15 is 0 Å². The fraction of sp³-hybridized carbons (Fsp3) is 0.160. The molecule has 0 bridgehead atoms. The van der Waals surface area contributed by atoms with E-state index in [2.05, 4.69) is 11.4 Å². The van der Waals surface area contributed by atoms with Crippen LogP contribution in [0.3, 0.4) is 0 Å². The number of thiophene rings is 1. The largest absolute Gasteiger partial charge is 0.422 e. The lowest BCUT2D eigenvalue weighted by molar-refractivity contribution is 0.102. The number of aryl methyl sites for hydroxylation is 1. The first-order valence-corrected chi connectivity index (χ1v) is 10.9. The molecule has 2 aromatic heterocycles. The molecule has 0 saturated carbocycles. The van der Waals surface area contributed by atoms with E-state index in [0.29, 0.717) is 32.8 Å². The van der Waals surface area contributed by atoms with Gasteiger partial charge >= 0.3 is 5.63 Å². The molecular formula is C25H18N2O3S. The Morgan fingerprint density at radius 1 is 1.06 bits per heavy atom. The van der Waals surface area contributed by atoms with Crippen LogP contribution in [0.2, 0.25) is 0 Å². The number of amides is 1. The Morgan fingerprint density at radius 3 is 2.77 bits per heavy atom. The average Bonchev–Trinajstić information content (AvgIpc) is 3.15. The van der Waals surface area contributed by atoms with Gasteiger partial charge in [0.25, 0.3) is 5.91 Å². The minimum atomic E-state index is -0.450. The average molecular weight is 426 g/mol. The number of nitrogens with one attached hydrogen (secondary N) is 1. The molecule has 5 rings (SSSR count). The van der Waals surface area contributed by atoms with E-state index in [1.165, 1.54) is 16.2 Å². The van der Waals surface area contributed by atoms with E-state index in [-0.39, 0.29) is 5.91 Å². The Bertz CT molecular complexity index is 1420. The molecule has 0 radical (unpaired) electrons. The molecule has 0 unspecified atom stereocenters. The number of carbonyl (C=O) groups excluding carboxylic acids is 1. The zero-order valence-electron chi connectivity index (χ0n) is 16.6. The summed E-state index contributed by atoms with van der Waals surface area (Å²) in [5.74, 6) is -0.304. The maximum Gasteiger partial charge on any atom is 0.344 e. The number of hydrogen-bond donors (Lipinski definition) is 1. The molecular weight excluding hydrogens is 408 g/mol. The smallest absolute Gasteiger partial charge is 0.344 e. The molecule has 1 amide bonds. The summed E-state index contributed by atoms with van der Waals surface area (Å²) in [6.45, 7) is 0. The molecule has 152 valence electrons. The molecule has 0 saturated heterocycles. The Balaban J connectivity index is 1.48.